The van der Waals surface area contributed by atoms with Crippen LogP contribution in [0.25, 0.3) is 5.57 Å². The van der Waals surface area contributed by atoms with Gasteiger partial charge >= 0.3 is 0 Å². The molecule has 0 spiro atoms. The second-order valence-electron chi connectivity index (χ2n) is 6.95. The SMILES string of the molecule is Cc1ccc(C2=C(SC(C)C)C(=O)N(CCN3CCOCC3)C2=O)cc1. The quantitative estimate of drug-likeness (QED) is 0.716. The van der Waals surface area contributed by atoms with Gasteiger partial charge in [0.15, 0.2) is 0 Å². The first-order valence-electron chi connectivity index (χ1n) is 9.11. The Morgan fingerprint density at radius 2 is 1.69 bits per heavy atom. The van der Waals surface area contributed by atoms with E-state index in [-0.39, 0.29) is 17.1 Å². The van der Waals surface area contributed by atoms with Crippen LogP contribution in [0.3, 0.4) is 0 Å². The van der Waals surface area contributed by atoms with Crippen molar-refractivity contribution in [1.29, 1.82) is 0 Å². The highest BCUT2D eigenvalue weighted by Crippen LogP contribution is 2.37. The van der Waals surface area contributed by atoms with Crippen molar-refractivity contribution in [3.63, 3.8) is 0 Å². The normalized spacial score (nSPS) is 19.2. The molecule has 140 valence electrons. The van der Waals surface area contributed by atoms with Gasteiger partial charge in [-0.2, -0.15) is 0 Å². The summed E-state index contributed by atoms with van der Waals surface area (Å²) in [6, 6.07) is 7.83. The van der Waals surface area contributed by atoms with Gasteiger partial charge in [-0.15, -0.1) is 11.8 Å². The van der Waals surface area contributed by atoms with Gasteiger partial charge in [-0.05, 0) is 12.5 Å². The lowest BCUT2D eigenvalue weighted by molar-refractivity contribution is -0.136. The standard InChI is InChI=1S/C20H26N2O3S/c1-14(2)26-18-17(16-6-4-15(3)5-7-16)19(23)22(20(18)24)9-8-21-10-12-25-13-11-21/h4-7,14H,8-13H2,1-3H3. The fraction of sp³-hybridized carbons (Fsp3) is 0.500. The smallest absolute Gasteiger partial charge is 0.268 e. The van der Waals surface area contributed by atoms with E-state index in [1.54, 1.807) is 0 Å². The van der Waals surface area contributed by atoms with Crippen molar-refractivity contribution < 1.29 is 14.3 Å². The molecule has 1 aromatic carbocycles. The zero-order valence-corrected chi connectivity index (χ0v) is 16.5. The summed E-state index contributed by atoms with van der Waals surface area (Å²) in [6.45, 7) is 10.3. The van der Waals surface area contributed by atoms with Crippen LogP contribution in [0.5, 0.6) is 0 Å². The molecule has 5 nitrogen and oxygen atoms in total. The molecule has 2 aliphatic heterocycles. The molecule has 1 saturated heterocycles. The second kappa shape index (κ2) is 8.37. The van der Waals surface area contributed by atoms with Gasteiger partial charge in [0, 0.05) is 31.4 Å². The first-order valence-corrected chi connectivity index (χ1v) is 9.99. The zero-order valence-electron chi connectivity index (χ0n) is 15.7. The van der Waals surface area contributed by atoms with Crippen molar-refractivity contribution in [3.05, 3.63) is 40.3 Å². The van der Waals surface area contributed by atoms with Crippen LogP contribution >= 0.6 is 11.8 Å². The first-order chi connectivity index (χ1) is 12.5. The Bertz CT molecular complexity index is 706. The minimum Gasteiger partial charge on any atom is -0.379 e. The fourth-order valence-corrected chi connectivity index (χ4v) is 4.15. The number of imide groups is 1. The molecule has 0 saturated carbocycles. The molecule has 3 rings (SSSR count). The highest BCUT2D eigenvalue weighted by Gasteiger charge is 2.39. The van der Waals surface area contributed by atoms with E-state index in [0.717, 1.165) is 24.2 Å². The summed E-state index contributed by atoms with van der Waals surface area (Å²) >= 11 is 1.48. The van der Waals surface area contributed by atoms with E-state index in [2.05, 4.69) is 4.90 Å². The topological polar surface area (TPSA) is 49.9 Å². The van der Waals surface area contributed by atoms with E-state index in [9.17, 15) is 9.59 Å². The van der Waals surface area contributed by atoms with Crippen LogP contribution in [0.2, 0.25) is 0 Å². The van der Waals surface area contributed by atoms with E-state index in [4.69, 9.17) is 4.74 Å². The van der Waals surface area contributed by atoms with Gasteiger partial charge in [-0.1, -0.05) is 43.7 Å². The summed E-state index contributed by atoms with van der Waals surface area (Å²) in [5.74, 6) is -0.326. The lowest BCUT2D eigenvalue weighted by Crippen LogP contribution is -2.43. The highest BCUT2D eigenvalue weighted by atomic mass is 32.2. The van der Waals surface area contributed by atoms with Crippen LogP contribution in [0.1, 0.15) is 25.0 Å². The molecule has 0 unspecified atom stereocenters. The summed E-state index contributed by atoms with van der Waals surface area (Å²) in [7, 11) is 0. The molecular formula is C20H26N2O3S. The lowest BCUT2D eigenvalue weighted by Gasteiger charge is -2.28. The average Bonchev–Trinajstić information content (AvgIpc) is 2.85. The van der Waals surface area contributed by atoms with Crippen molar-refractivity contribution in [2.45, 2.75) is 26.0 Å². The van der Waals surface area contributed by atoms with Gasteiger partial charge in [0.05, 0.1) is 23.7 Å². The third kappa shape index (κ3) is 4.19. The number of amides is 2. The van der Waals surface area contributed by atoms with Crippen LogP contribution in [0.15, 0.2) is 29.2 Å². The Balaban J connectivity index is 1.81. The maximum absolute atomic E-state index is 13.1. The number of ether oxygens (including phenoxy) is 1. The molecule has 0 aliphatic carbocycles. The van der Waals surface area contributed by atoms with Gasteiger partial charge in [0.2, 0.25) is 0 Å². The summed E-state index contributed by atoms with van der Waals surface area (Å²) < 4.78 is 5.36. The van der Waals surface area contributed by atoms with Crippen molar-refractivity contribution in [2.24, 2.45) is 0 Å². The van der Waals surface area contributed by atoms with Gasteiger partial charge < -0.3 is 4.74 Å². The van der Waals surface area contributed by atoms with Gasteiger partial charge in [-0.25, -0.2) is 0 Å². The number of rotatable bonds is 6. The number of morpholine rings is 1. The molecule has 0 atom stereocenters. The number of benzene rings is 1. The average molecular weight is 375 g/mol. The van der Waals surface area contributed by atoms with Crippen LogP contribution in [0, 0.1) is 6.92 Å². The first kappa shape index (κ1) is 19.1. The maximum Gasteiger partial charge on any atom is 0.268 e. The molecule has 0 bridgehead atoms. The number of carbonyl (C=O) groups is 2. The minimum atomic E-state index is -0.171. The zero-order chi connectivity index (χ0) is 18.7. The molecule has 0 radical (unpaired) electrons. The van der Waals surface area contributed by atoms with E-state index in [1.807, 2.05) is 45.0 Å². The predicted molar refractivity (Wildman–Crippen MR) is 105 cm³/mol. The minimum absolute atomic E-state index is 0.155. The number of thioether (sulfide) groups is 1. The van der Waals surface area contributed by atoms with Crippen LogP contribution in [-0.2, 0) is 14.3 Å². The molecule has 2 heterocycles. The largest absolute Gasteiger partial charge is 0.379 e. The van der Waals surface area contributed by atoms with E-state index in [0.29, 0.717) is 36.8 Å². The van der Waals surface area contributed by atoms with Crippen molar-refractivity contribution in [2.75, 3.05) is 39.4 Å². The Morgan fingerprint density at radius 3 is 2.31 bits per heavy atom. The Morgan fingerprint density at radius 1 is 1.04 bits per heavy atom. The number of aryl methyl sites for hydroxylation is 1. The number of carbonyl (C=O) groups excluding carboxylic acids is 2. The lowest BCUT2D eigenvalue weighted by atomic mass is 10.0. The number of nitrogens with zero attached hydrogens (tertiary/aromatic N) is 2. The molecule has 6 heteroatoms. The molecule has 0 N–H and O–H groups in total. The Labute approximate surface area is 159 Å². The number of hydrogen-bond acceptors (Lipinski definition) is 5. The third-order valence-corrected chi connectivity index (χ3v) is 5.65. The van der Waals surface area contributed by atoms with Gasteiger partial charge in [0.25, 0.3) is 11.8 Å². The monoisotopic (exact) mass is 374 g/mol. The third-order valence-electron chi connectivity index (χ3n) is 4.56. The maximum atomic E-state index is 13.1. The molecule has 2 aliphatic rings. The van der Waals surface area contributed by atoms with Gasteiger partial charge in [-0.3, -0.25) is 19.4 Å². The van der Waals surface area contributed by atoms with Gasteiger partial charge in [0.1, 0.15) is 0 Å². The molecule has 0 aromatic heterocycles. The second-order valence-corrected chi connectivity index (χ2v) is 8.54. The van der Waals surface area contributed by atoms with Crippen LogP contribution < -0.4 is 0 Å². The summed E-state index contributed by atoms with van der Waals surface area (Å²) in [5, 5.41) is 0.237. The molecule has 26 heavy (non-hydrogen) atoms. The van der Waals surface area contributed by atoms with Crippen LogP contribution in [0.4, 0.5) is 0 Å². The van der Waals surface area contributed by atoms with E-state index < -0.39 is 0 Å². The van der Waals surface area contributed by atoms with E-state index in [1.165, 1.54) is 16.7 Å². The molecule has 2 amide bonds. The molecule has 1 fully saturated rings. The van der Waals surface area contributed by atoms with Crippen LogP contribution in [-0.4, -0.2) is 66.3 Å². The van der Waals surface area contributed by atoms with Crippen molar-refractivity contribution in [1.82, 2.24) is 9.80 Å². The predicted octanol–water partition coefficient (Wildman–Crippen LogP) is 2.55. The van der Waals surface area contributed by atoms with Crippen molar-refractivity contribution in [3.8, 4) is 0 Å². The molecular weight excluding hydrogens is 348 g/mol. The molecule has 1 aromatic rings. The highest BCUT2D eigenvalue weighted by molar-refractivity contribution is 8.04. The Kier molecular flexibility index (Phi) is 6.16. The van der Waals surface area contributed by atoms with E-state index >= 15 is 0 Å². The van der Waals surface area contributed by atoms with Crippen molar-refractivity contribution >= 4 is 29.1 Å². The number of hydrogen-bond donors (Lipinski definition) is 0. The fourth-order valence-electron chi connectivity index (χ4n) is 3.14. The summed E-state index contributed by atoms with van der Waals surface area (Å²) in [4.78, 5) is 30.2. The summed E-state index contributed by atoms with van der Waals surface area (Å²) in [6.07, 6.45) is 0. The summed E-state index contributed by atoms with van der Waals surface area (Å²) in [5.41, 5.74) is 2.51. The Hall–Kier alpha value is -1.63.